The minimum absolute atomic E-state index is 0.176. The van der Waals surface area contributed by atoms with E-state index in [1.807, 2.05) is 0 Å². The predicted octanol–water partition coefficient (Wildman–Crippen LogP) is 3.80. The molecule has 112 valence electrons. The summed E-state index contributed by atoms with van der Waals surface area (Å²) in [6.45, 7) is 8.66. The van der Waals surface area contributed by atoms with Crippen LogP contribution in [0.5, 0.6) is 0 Å². The van der Waals surface area contributed by atoms with Gasteiger partial charge in [-0.2, -0.15) is 0 Å². The van der Waals surface area contributed by atoms with E-state index in [1.54, 1.807) is 12.1 Å². The van der Waals surface area contributed by atoms with Crippen LogP contribution in [0.4, 0.5) is 4.39 Å². The molecule has 0 aliphatic carbocycles. The molecule has 0 aromatic heterocycles. The van der Waals surface area contributed by atoms with Gasteiger partial charge in [0.2, 0.25) is 0 Å². The van der Waals surface area contributed by atoms with Crippen LogP contribution in [0, 0.1) is 11.7 Å². The zero-order chi connectivity index (χ0) is 14.5. The molecule has 1 aliphatic heterocycles. The summed E-state index contributed by atoms with van der Waals surface area (Å²) in [6.07, 6.45) is 2.64. The van der Waals surface area contributed by atoms with Gasteiger partial charge < -0.3 is 5.32 Å². The van der Waals surface area contributed by atoms with Crippen molar-refractivity contribution in [2.45, 2.75) is 39.3 Å². The third-order valence-corrected chi connectivity index (χ3v) is 4.83. The summed E-state index contributed by atoms with van der Waals surface area (Å²) in [5.41, 5.74) is 0.980. The second kappa shape index (κ2) is 7.53. The monoisotopic (exact) mass is 342 g/mol. The zero-order valence-corrected chi connectivity index (χ0v) is 13.9. The highest BCUT2D eigenvalue weighted by atomic mass is 79.9. The molecule has 4 heteroatoms. The fraction of sp³-hybridized carbons (Fsp3) is 0.625. The molecule has 1 atom stereocenters. The van der Waals surface area contributed by atoms with Crippen molar-refractivity contribution < 1.29 is 4.39 Å². The lowest BCUT2D eigenvalue weighted by Crippen LogP contribution is -2.44. The number of hydrogen-bond acceptors (Lipinski definition) is 2. The van der Waals surface area contributed by atoms with Gasteiger partial charge in [0.1, 0.15) is 5.82 Å². The minimum Gasteiger partial charge on any atom is -0.311 e. The Morgan fingerprint density at radius 1 is 1.30 bits per heavy atom. The molecule has 0 amide bonds. The Hall–Kier alpha value is -0.450. The highest BCUT2D eigenvalue weighted by molar-refractivity contribution is 9.10. The van der Waals surface area contributed by atoms with E-state index in [0.29, 0.717) is 18.5 Å². The standard InChI is InChI=1S/C16H24BrFN2/c1-12(2)16(20-7-3-4-8-20)11-19-10-13-9-14(18)5-6-15(13)17/h5-6,9,12,16,19H,3-4,7-8,10-11H2,1-2H3. The Balaban J connectivity index is 1.88. The largest absolute Gasteiger partial charge is 0.311 e. The van der Waals surface area contributed by atoms with E-state index < -0.39 is 0 Å². The van der Waals surface area contributed by atoms with E-state index in [4.69, 9.17) is 0 Å². The fourth-order valence-corrected chi connectivity index (χ4v) is 3.28. The van der Waals surface area contributed by atoms with Gasteiger partial charge in [-0.1, -0.05) is 29.8 Å². The maximum Gasteiger partial charge on any atom is 0.123 e. The second-order valence-corrected chi connectivity index (χ2v) is 6.78. The number of likely N-dealkylation sites (tertiary alicyclic amines) is 1. The van der Waals surface area contributed by atoms with E-state index in [9.17, 15) is 4.39 Å². The molecule has 2 nitrogen and oxygen atoms in total. The summed E-state index contributed by atoms with van der Waals surface area (Å²) >= 11 is 3.48. The van der Waals surface area contributed by atoms with Crippen LogP contribution < -0.4 is 5.32 Å². The molecular weight excluding hydrogens is 319 g/mol. The Bertz CT molecular complexity index is 430. The highest BCUT2D eigenvalue weighted by Crippen LogP contribution is 2.19. The van der Waals surface area contributed by atoms with Crippen molar-refractivity contribution in [2.24, 2.45) is 5.92 Å². The van der Waals surface area contributed by atoms with Gasteiger partial charge in [0.25, 0.3) is 0 Å². The van der Waals surface area contributed by atoms with Gasteiger partial charge >= 0.3 is 0 Å². The molecule has 20 heavy (non-hydrogen) atoms. The lowest BCUT2D eigenvalue weighted by Gasteiger charge is -2.31. The molecule has 0 saturated carbocycles. The van der Waals surface area contributed by atoms with Crippen molar-refractivity contribution >= 4 is 15.9 Å². The van der Waals surface area contributed by atoms with Gasteiger partial charge in [-0.15, -0.1) is 0 Å². The summed E-state index contributed by atoms with van der Waals surface area (Å²) in [5.74, 6) is 0.460. The molecule has 1 aromatic carbocycles. The Labute approximate surface area is 129 Å². The van der Waals surface area contributed by atoms with Crippen molar-refractivity contribution in [1.29, 1.82) is 0 Å². The van der Waals surface area contributed by atoms with Crippen LogP contribution in [0.25, 0.3) is 0 Å². The lowest BCUT2D eigenvalue weighted by molar-refractivity contribution is 0.186. The van der Waals surface area contributed by atoms with Crippen molar-refractivity contribution in [3.63, 3.8) is 0 Å². The first-order chi connectivity index (χ1) is 9.58. The highest BCUT2D eigenvalue weighted by Gasteiger charge is 2.24. The fourth-order valence-electron chi connectivity index (χ4n) is 2.89. The summed E-state index contributed by atoms with van der Waals surface area (Å²) in [7, 11) is 0. The first-order valence-corrected chi connectivity index (χ1v) is 8.26. The first-order valence-electron chi connectivity index (χ1n) is 7.46. The average molecular weight is 343 g/mol. The van der Waals surface area contributed by atoms with Crippen LogP contribution in [-0.2, 0) is 6.54 Å². The lowest BCUT2D eigenvalue weighted by atomic mass is 10.0. The third-order valence-electron chi connectivity index (χ3n) is 4.06. The second-order valence-electron chi connectivity index (χ2n) is 5.92. The van der Waals surface area contributed by atoms with Crippen LogP contribution in [0.2, 0.25) is 0 Å². The van der Waals surface area contributed by atoms with Crippen LogP contribution >= 0.6 is 15.9 Å². The number of nitrogens with one attached hydrogen (secondary N) is 1. The topological polar surface area (TPSA) is 15.3 Å². The van der Waals surface area contributed by atoms with Crippen LogP contribution in [0.1, 0.15) is 32.3 Å². The third kappa shape index (κ3) is 4.27. The van der Waals surface area contributed by atoms with Gasteiger partial charge in [-0.3, -0.25) is 4.90 Å². The summed E-state index contributed by atoms with van der Waals surface area (Å²) < 4.78 is 14.2. The molecule has 0 spiro atoms. The molecule has 2 rings (SSSR count). The molecule has 1 N–H and O–H groups in total. The summed E-state index contributed by atoms with van der Waals surface area (Å²) in [5, 5.41) is 3.49. The SMILES string of the molecule is CC(C)C(CNCc1cc(F)ccc1Br)N1CCCC1. The van der Waals surface area contributed by atoms with Crippen molar-refractivity contribution in [3.8, 4) is 0 Å². The molecule has 1 unspecified atom stereocenters. The number of rotatable bonds is 6. The van der Waals surface area contributed by atoms with E-state index in [1.165, 1.54) is 32.0 Å². The molecular formula is C16H24BrFN2. The van der Waals surface area contributed by atoms with E-state index in [2.05, 4.69) is 40.0 Å². The maximum atomic E-state index is 13.3. The molecule has 1 aliphatic rings. The number of halogens is 2. The Kier molecular flexibility index (Phi) is 6.00. The van der Waals surface area contributed by atoms with Gasteiger partial charge in [0, 0.05) is 23.6 Å². The van der Waals surface area contributed by atoms with Gasteiger partial charge in [-0.05, 0) is 55.6 Å². The number of benzene rings is 1. The minimum atomic E-state index is -0.176. The molecule has 1 saturated heterocycles. The van der Waals surface area contributed by atoms with Crippen LogP contribution in [0.3, 0.4) is 0 Å². The molecule has 1 aromatic rings. The van der Waals surface area contributed by atoms with Gasteiger partial charge in [-0.25, -0.2) is 4.39 Å². The quantitative estimate of drug-likeness (QED) is 0.845. The first kappa shape index (κ1) is 15.9. The Morgan fingerprint density at radius 2 is 2.00 bits per heavy atom. The average Bonchev–Trinajstić information content (AvgIpc) is 2.91. The molecule has 0 bridgehead atoms. The predicted molar refractivity (Wildman–Crippen MR) is 85.2 cm³/mol. The summed E-state index contributed by atoms with van der Waals surface area (Å²) in [4.78, 5) is 2.58. The van der Waals surface area contributed by atoms with Crippen molar-refractivity contribution in [2.75, 3.05) is 19.6 Å². The molecule has 1 fully saturated rings. The van der Waals surface area contributed by atoms with Crippen LogP contribution in [-0.4, -0.2) is 30.6 Å². The zero-order valence-electron chi connectivity index (χ0n) is 12.3. The number of hydrogen-bond donors (Lipinski definition) is 1. The smallest absolute Gasteiger partial charge is 0.123 e. The maximum absolute atomic E-state index is 13.3. The molecule has 1 heterocycles. The van der Waals surface area contributed by atoms with Crippen molar-refractivity contribution in [1.82, 2.24) is 10.2 Å². The van der Waals surface area contributed by atoms with Crippen LogP contribution in [0.15, 0.2) is 22.7 Å². The molecule has 0 radical (unpaired) electrons. The normalized spacial score (nSPS) is 17.9. The van der Waals surface area contributed by atoms with E-state index in [0.717, 1.165) is 16.6 Å². The van der Waals surface area contributed by atoms with E-state index >= 15 is 0 Å². The van der Waals surface area contributed by atoms with Gasteiger partial charge in [0.15, 0.2) is 0 Å². The van der Waals surface area contributed by atoms with Crippen molar-refractivity contribution in [3.05, 3.63) is 34.1 Å². The number of nitrogens with zero attached hydrogens (tertiary/aromatic N) is 1. The van der Waals surface area contributed by atoms with Gasteiger partial charge in [0.05, 0.1) is 0 Å². The van der Waals surface area contributed by atoms with E-state index in [-0.39, 0.29) is 5.82 Å². The summed E-state index contributed by atoms with van der Waals surface area (Å²) in [6, 6.07) is 5.42. The Morgan fingerprint density at radius 3 is 2.65 bits per heavy atom.